The number of benzene rings is 2. The molecule has 0 aliphatic carbocycles. The molecule has 3 aromatic rings. The number of para-hydroxylation sites is 1. The number of hydrogen-bond donors (Lipinski definition) is 0. The Bertz CT molecular complexity index is 1210. The third kappa shape index (κ3) is 6.80. The van der Waals surface area contributed by atoms with E-state index < -0.39 is 0 Å². The Morgan fingerprint density at radius 1 is 1.11 bits per heavy atom. The fraction of sp³-hybridized carbons (Fsp3) is 0.400. The first-order valence-corrected chi connectivity index (χ1v) is 13.1. The van der Waals surface area contributed by atoms with Crippen molar-refractivity contribution < 1.29 is 19.0 Å². The zero-order chi connectivity index (χ0) is 26.0. The summed E-state index contributed by atoms with van der Waals surface area (Å²) in [4.78, 5) is 14.7. The number of rotatable bonds is 7. The minimum atomic E-state index is -0.281. The number of fused-ring (bicyclic) bond motifs is 1. The van der Waals surface area contributed by atoms with Crippen molar-refractivity contribution in [3.63, 3.8) is 0 Å². The van der Waals surface area contributed by atoms with Gasteiger partial charge >= 0.3 is 5.97 Å². The van der Waals surface area contributed by atoms with E-state index in [1.54, 1.807) is 0 Å². The molecule has 0 saturated carbocycles. The summed E-state index contributed by atoms with van der Waals surface area (Å²) in [5, 5.41) is 4.41. The maximum Gasteiger partial charge on any atom is 0.333 e. The smallest absolute Gasteiger partial charge is 0.333 e. The summed E-state index contributed by atoms with van der Waals surface area (Å²) in [5.41, 5.74) is 5.99. The average Bonchev–Trinajstić information content (AvgIpc) is 3.63. The summed E-state index contributed by atoms with van der Waals surface area (Å²) in [6.45, 7) is 8.95. The number of carbonyl (C=O) groups is 1. The van der Waals surface area contributed by atoms with Crippen LogP contribution in [0.4, 0.5) is 5.69 Å². The van der Waals surface area contributed by atoms with E-state index in [0.29, 0.717) is 18.6 Å². The number of aryl methyl sites for hydroxylation is 1. The van der Waals surface area contributed by atoms with Gasteiger partial charge in [0.25, 0.3) is 0 Å². The van der Waals surface area contributed by atoms with E-state index in [0.717, 1.165) is 66.5 Å². The highest BCUT2D eigenvalue weighted by Gasteiger charge is 2.21. The molecular weight excluding hydrogens is 466 g/mol. The zero-order valence-electron chi connectivity index (χ0n) is 22.1. The van der Waals surface area contributed by atoms with E-state index in [1.807, 2.05) is 42.1 Å². The molecule has 1 saturated heterocycles. The lowest BCUT2D eigenvalue weighted by Crippen LogP contribution is -2.24. The highest BCUT2D eigenvalue weighted by atomic mass is 16.5. The van der Waals surface area contributed by atoms with Crippen molar-refractivity contribution in [3.8, 4) is 16.9 Å². The van der Waals surface area contributed by atoms with E-state index >= 15 is 0 Å². The molecule has 2 aliphatic heterocycles. The fourth-order valence-corrected chi connectivity index (χ4v) is 4.60. The van der Waals surface area contributed by atoms with Gasteiger partial charge in [-0.25, -0.2) is 4.79 Å². The first-order valence-electron chi connectivity index (χ1n) is 13.1. The predicted octanol–water partition coefficient (Wildman–Crippen LogP) is 5.73. The van der Waals surface area contributed by atoms with Gasteiger partial charge in [-0.05, 0) is 68.5 Å². The number of hydrogen-bond acceptors (Lipinski definition) is 6. The second-order valence-corrected chi connectivity index (χ2v) is 9.06. The average molecular weight is 504 g/mol. The molecule has 0 atom stereocenters. The Kier molecular flexibility index (Phi) is 9.38. The second-order valence-electron chi connectivity index (χ2n) is 9.06. The summed E-state index contributed by atoms with van der Waals surface area (Å²) < 4.78 is 17.8. The van der Waals surface area contributed by atoms with Crippen LogP contribution in [-0.4, -0.2) is 49.2 Å². The Labute approximate surface area is 219 Å². The van der Waals surface area contributed by atoms with Gasteiger partial charge in [0.2, 0.25) is 0 Å². The first-order chi connectivity index (χ1) is 18.1. The molecule has 0 unspecified atom stereocenters. The van der Waals surface area contributed by atoms with E-state index in [4.69, 9.17) is 14.2 Å². The summed E-state index contributed by atoms with van der Waals surface area (Å²) in [6.07, 6.45) is 9.12. The van der Waals surface area contributed by atoms with Crippen LogP contribution < -0.4 is 9.64 Å². The van der Waals surface area contributed by atoms with Crippen LogP contribution in [0.2, 0.25) is 0 Å². The summed E-state index contributed by atoms with van der Waals surface area (Å²) in [6, 6.07) is 14.4. The minimum absolute atomic E-state index is 0.281. The van der Waals surface area contributed by atoms with E-state index in [-0.39, 0.29) is 5.97 Å². The van der Waals surface area contributed by atoms with Gasteiger partial charge in [-0.3, -0.25) is 4.68 Å². The van der Waals surface area contributed by atoms with E-state index in [1.165, 1.54) is 20.0 Å². The molecule has 1 fully saturated rings. The lowest BCUT2D eigenvalue weighted by molar-refractivity contribution is -0.136. The maximum absolute atomic E-state index is 12.4. The molecule has 7 nitrogen and oxygen atoms in total. The van der Waals surface area contributed by atoms with Crippen LogP contribution in [0.1, 0.15) is 44.2 Å². The molecule has 7 heteroatoms. The van der Waals surface area contributed by atoms with Crippen LogP contribution in [-0.2, 0) is 27.4 Å². The molecule has 196 valence electrons. The number of carbonyl (C=O) groups excluding carboxylic acids is 1. The Morgan fingerprint density at radius 2 is 1.92 bits per heavy atom. The van der Waals surface area contributed by atoms with Crippen LogP contribution >= 0.6 is 0 Å². The van der Waals surface area contributed by atoms with Crippen molar-refractivity contribution in [2.45, 2.75) is 46.2 Å². The van der Waals surface area contributed by atoms with Gasteiger partial charge in [0.15, 0.2) is 0 Å². The molecule has 2 aliphatic rings. The Hall–Kier alpha value is -3.58. The highest BCUT2D eigenvalue weighted by molar-refractivity contribution is 5.96. The van der Waals surface area contributed by atoms with Gasteiger partial charge in [-0.15, -0.1) is 0 Å². The Morgan fingerprint density at radius 3 is 2.59 bits per heavy atom. The fourth-order valence-electron chi connectivity index (χ4n) is 4.60. The van der Waals surface area contributed by atoms with Crippen LogP contribution in [0.25, 0.3) is 17.2 Å². The molecule has 0 spiro atoms. The molecule has 5 rings (SSSR count). The van der Waals surface area contributed by atoms with Crippen LogP contribution in [0.5, 0.6) is 5.75 Å². The molecule has 0 radical (unpaired) electrons. The van der Waals surface area contributed by atoms with Crippen LogP contribution in [0.3, 0.4) is 0 Å². The third-order valence-corrected chi connectivity index (χ3v) is 6.51. The van der Waals surface area contributed by atoms with Gasteiger partial charge < -0.3 is 19.1 Å². The molecule has 1 aromatic heterocycles. The molecule has 0 bridgehead atoms. The van der Waals surface area contributed by atoms with Crippen LogP contribution in [0.15, 0.2) is 60.4 Å². The lowest BCUT2D eigenvalue weighted by atomic mass is 9.99. The molecule has 2 aromatic carbocycles. The van der Waals surface area contributed by atoms with Gasteiger partial charge in [0, 0.05) is 61.4 Å². The van der Waals surface area contributed by atoms with Crippen molar-refractivity contribution in [2.24, 2.45) is 0 Å². The quantitative estimate of drug-likeness (QED) is 0.384. The SMILES string of the molecule is C1CCOC1.CCOc1ccccc1-c1ccc2c(c1)C=C(C(=O)OC)CCN2Cc1cnn(CC)c1. The van der Waals surface area contributed by atoms with Crippen molar-refractivity contribution >= 4 is 17.7 Å². The summed E-state index contributed by atoms with van der Waals surface area (Å²) in [7, 11) is 1.43. The number of ether oxygens (including phenoxy) is 3. The highest BCUT2D eigenvalue weighted by Crippen LogP contribution is 2.36. The van der Waals surface area contributed by atoms with Crippen molar-refractivity contribution in [2.75, 3.05) is 38.4 Å². The monoisotopic (exact) mass is 503 g/mol. The lowest BCUT2D eigenvalue weighted by Gasteiger charge is -2.25. The van der Waals surface area contributed by atoms with Gasteiger partial charge in [0.05, 0.1) is 19.9 Å². The topological polar surface area (TPSA) is 65.8 Å². The number of aromatic nitrogens is 2. The summed E-state index contributed by atoms with van der Waals surface area (Å²) in [5.74, 6) is 0.571. The molecule has 37 heavy (non-hydrogen) atoms. The predicted molar refractivity (Wildman–Crippen MR) is 147 cm³/mol. The number of esters is 1. The minimum Gasteiger partial charge on any atom is -0.493 e. The summed E-state index contributed by atoms with van der Waals surface area (Å²) >= 11 is 0. The normalized spacial score (nSPS) is 14.7. The van der Waals surface area contributed by atoms with Gasteiger partial charge in [-0.1, -0.05) is 24.3 Å². The first kappa shape index (κ1) is 26.5. The van der Waals surface area contributed by atoms with Crippen LogP contribution in [0, 0.1) is 0 Å². The standard InChI is InChI=1S/C26H29N3O3.C4H8O/c1-4-29-18-19(16-27-29)17-28-13-12-21(26(30)31-3)15-22-14-20(10-11-24(22)28)23-8-6-7-9-25(23)32-5-2;1-2-4-5-3-1/h6-11,14-16,18H,4-5,12-13,17H2,1-3H3;1-4H2. The molecular formula is C30H37N3O4. The van der Waals surface area contributed by atoms with Crippen molar-refractivity contribution in [1.29, 1.82) is 0 Å². The molecule has 3 heterocycles. The van der Waals surface area contributed by atoms with Crippen molar-refractivity contribution in [1.82, 2.24) is 9.78 Å². The third-order valence-electron chi connectivity index (χ3n) is 6.51. The number of methoxy groups -OCH3 is 1. The molecule has 0 N–H and O–H groups in total. The van der Waals surface area contributed by atoms with Gasteiger partial charge in [0.1, 0.15) is 5.75 Å². The number of nitrogens with zero attached hydrogens (tertiary/aromatic N) is 3. The van der Waals surface area contributed by atoms with E-state index in [9.17, 15) is 4.79 Å². The zero-order valence-corrected chi connectivity index (χ0v) is 22.1. The Balaban J connectivity index is 0.000000572. The largest absolute Gasteiger partial charge is 0.493 e. The van der Waals surface area contributed by atoms with Crippen molar-refractivity contribution in [3.05, 3.63) is 71.6 Å². The molecule has 0 amide bonds. The van der Waals surface area contributed by atoms with Gasteiger partial charge in [-0.2, -0.15) is 5.10 Å². The maximum atomic E-state index is 12.4. The van der Waals surface area contributed by atoms with E-state index in [2.05, 4.69) is 47.4 Å². The second kappa shape index (κ2) is 13.1. The number of anilines is 1.